The molecule has 238 valence electrons. The highest BCUT2D eigenvalue weighted by molar-refractivity contribution is 7.92. The Bertz CT molecular complexity index is 2120. The van der Waals surface area contributed by atoms with Gasteiger partial charge in [0.05, 0.1) is 29.2 Å². The minimum Gasteiger partial charge on any atom is -0.471 e. The van der Waals surface area contributed by atoms with Gasteiger partial charge in [0.15, 0.2) is 18.2 Å². The second kappa shape index (κ2) is 11.6. The van der Waals surface area contributed by atoms with Crippen molar-refractivity contribution in [2.75, 3.05) is 31.4 Å². The molecular formula is C33H30F2N4O6S. The molecule has 3 heterocycles. The number of carbonyl (C=O) groups is 2. The summed E-state index contributed by atoms with van der Waals surface area (Å²) in [7, 11) is -0.982. The van der Waals surface area contributed by atoms with Crippen LogP contribution in [-0.4, -0.2) is 57.2 Å². The molecule has 0 unspecified atom stereocenters. The third-order valence-corrected chi connectivity index (χ3v) is 9.17. The number of carbonyl (C=O) groups excluding carboxylic acids is 2. The number of hydrogen-bond acceptors (Lipinski definition) is 7. The minimum absolute atomic E-state index is 0. The standard InChI is InChI=1S/C33H28F2N4O6S.H2/c1-18(19-5-9-21(34)10-6-19)39-17-44-27-14-13-25(37-30(27)33(39)41)23-15-24-28(16-26(23)38(3)46(4,42)43)45-31(29(24)32(40)36-2)20-7-11-22(35)12-8-20;/h5-16,18H,17H2,1-4H3,(H,36,40);1H/t18-;/m1./s1. The van der Waals surface area contributed by atoms with Crippen LogP contribution in [0.1, 0.15) is 40.8 Å². The summed E-state index contributed by atoms with van der Waals surface area (Å²) in [6, 6.07) is 17.0. The number of sulfonamides is 1. The quantitative estimate of drug-likeness (QED) is 0.230. The van der Waals surface area contributed by atoms with Crippen molar-refractivity contribution in [3.8, 4) is 28.3 Å². The molecule has 2 aromatic heterocycles. The van der Waals surface area contributed by atoms with Crippen LogP contribution < -0.4 is 14.4 Å². The average molecular weight is 649 g/mol. The zero-order chi connectivity index (χ0) is 32.9. The SMILES string of the molecule is CNC(=O)c1c(-c2ccc(F)cc2)oc2cc(N(C)S(C)(=O)=O)c(-c3ccc4c(n3)C(=O)N([C@H](C)c3ccc(F)cc3)CO4)cc12.[HH]. The Morgan fingerprint density at radius 1 is 1.04 bits per heavy atom. The zero-order valence-corrected chi connectivity index (χ0v) is 26.0. The fourth-order valence-corrected chi connectivity index (χ4v) is 5.85. The number of anilines is 1. The van der Waals surface area contributed by atoms with E-state index in [-0.39, 0.29) is 53.5 Å². The first-order valence-corrected chi connectivity index (χ1v) is 15.9. The number of hydrogen-bond donors (Lipinski definition) is 1. The fraction of sp³-hybridized carbons (Fsp3) is 0.182. The number of nitrogens with one attached hydrogen (secondary N) is 1. The number of halogens is 2. The lowest BCUT2D eigenvalue weighted by atomic mass is 10.0. The lowest BCUT2D eigenvalue weighted by Gasteiger charge is -2.33. The molecule has 0 saturated carbocycles. The number of nitrogens with zero attached hydrogens (tertiary/aromatic N) is 3. The van der Waals surface area contributed by atoms with Crippen molar-refractivity contribution in [1.29, 1.82) is 0 Å². The molecule has 0 aliphatic carbocycles. The molecule has 0 saturated heterocycles. The lowest BCUT2D eigenvalue weighted by Crippen LogP contribution is -2.41. The first-order valence-electron chi connectivity index (χ1n) is 14.1. The summed E-state index contributed by atoms with van der Waals surface area (Å²) in [5.74, 6) is -1.39. The summed E-state index contributed by atoms with van der Waals surface area (Å²) in [4.78, 5) is 33.0. The van der Waals surface area contributed by atoms with Crippen LogP contribution in [0.3, 0.4) is 0 Å². The molecule has 1 aliphatic rings. The first kappa shape index (κ1) is 30.7. The molecule has 6 rings (SSSR count). The maximum Gasteiger partial charge on any atom is 0.279 e. The number of pyridine rings is 1. The number of furan rings is 1. The van der Waals surface area contributed by atoms with E-state index in [1.54, 1.807) is 37.3 Å². The largest absolute Gasteiger partial charge is 0.471 e. The van der Waals surface area contributed by atoms with Crippen LogP contribution in [0.25, 0.3) is 33.6 Å². The predicted octanol–water partition coefficient (Wildman–Crippen LogP) is 5.99. The van der Waals surface area contributed by atoms with Gasteiger partial charge in [-0.15, -0.1) is 0 Å². The highest BCUT2D eigenvalue weighted by atomic mass is 32.2. The molecule has 10 nitrogen and oxygen atoms in total. The molecule has 13 heteroatoms. The first-order chi connectivity index (χ1) is 21.9. The molecule has 0 bridgehead atoms. The van der Waals surface area contributed by atoms with Crippen molar-refractivity contribution in [3.63, 3.8) is 0 Å². The van der Waals surface area contributed by atoms with Crippen LogP contribution in [0.5, 0.6) is 5.75 Å². The molecule has 0 radical (unpaired) electrons. The van der Waals surface area contributed by atoms with Gasteiger partial charge in [-0.2, -0.15) is 0 Å². The van der Waals surface area contributed by atoms with E-state index in [1.807, 2.05) is 0 Å². The van der Waals surface area contributed by atoms with Gasteiger partial charge in [0, 0.05) is 38.1 Å². The van der Waals surface area contributed by atoms with E-state index in [2.05, 4.69) is 10.3 Å². The molecule has 0 spiro atoms. The van der Waals surface area contributed by atoms with Crippen LogP contribution in [-0.2, 0) is 10.0 Å². The molecule has 5 aromatic rings. The summed E-state index contributed by atoms with van der Waals surface area (Å²) < 4.78 is 65.8. The molecule has 1 atom stereocenters. The summed E-state index contributed by atoms with van der Waals surface area (Å²) in [5.41, 5.74) is 2.16. The summed E-state index contributed by atoms with van der Waals surface area (Å²) in [5, 5.41) is 2.94. The topological polar surface area (TPSA) is 122 Å². The number of rotatable bonds is 7. The van der Waals surface area contributed by atoms with Gasteiger partial charge in [0.25, 0.3) is 11.8 Å². The molecular weight excluding hydrogens is 618 g/mol. The molecule has 2 amide bonds. The third kappa shape index (κ3) is 5.42. The molecule has 46 heavy (non-hydrogen) atoms. The number of benzene rings is 3. The second-order valence-electron chi connectivity index (χ2n) is 10.8. The van der Waals surface area contributed by atoms with Crippen molar-refractivity contribution in [3.05, 3.63) is 101 Å². The Hall–Kier alpha value is -5.30. The normalized spacial score (nSPS) is 13.7. The van der Waals surface area contributed by atoms with Gasteiger partial charge in [-0.05, 0) is 67.1 Å². The summed E-state index contributed by atoms with van der Waals surface area (Å²) in [6.07, 6.45) is 1.04. The Balaban J connectivity index is 0.00000433. The van der Waals surface area contributed by atoms with E-state index in [0.29, 0.717) is 16.5 Å². The zero-order valence-electron chi connectivity index (χ0n) is 25.2. The van der Waals surface area contributed by atoms with E-state index >= 15 is 0 Å². The maximum atomic E-state index is 13.7. The fourth-order valence-electron chi connectivity index (χ4n) is 5.34. The number of ether oxygens (including phenoxy) is 1. The minimum atomic E-state index is -3.80. The third-order valence-electron chi connectivity index (χ3n) is 7.98. The molecule has 1 aliphatic heterocycles. The maximum absolute atomic E-state index is 13.7. The highest BCUT2D eigenvalue weighted by Gasteiger charge is 2.33. The van der Waals surface area contributed by atoms with Gasteiger partial charge < -0.3 is 14.5 Å². The number of fused-ring (bicyclic) bond motifs is 2. The van der Waals surface area contributed by atoms with Crippen LogP contribution in [0.4, 0.5) is 14.5 Å². The predicted molar refractivity (Wildman–Crippen MR) is 170 cm³/mol. The van der Waals surface area contributed by atoms with E-state index in [4.69, 9.17) is 9.15 Å². The van der Waals surface area contributed by atoms with Crippen molar-refractivity contribution in [2.45, 2.75) is 13.0 Å². The van der Waals surface area contributed by atoms with Gasteiger partial charge >= 0.3 is 0 Å². The number of amides is 2. The Kier molecular flexibility index (Phi) is 7.72. The molecule has 0 fully saturated rings. The molecule has 3 aromatic carbocycles. The lowest BCUT2D eigenvalue weighted by molar-refractivity contribution is 0.0394. The van der Waals surface area contributed by atoms with E-state index in [0.717, 1.165) is 10.6 Å². The summed E-state index contributed by atoms with van der Waals surface area (Å²) in [6.45, 7) is 1.73. The van der Waals surface area contributed by atoms with Crippen LogP contribution >= 0.6 is 0 Å². The Morgan fingerprint density at radius 2 is 1.70 bits per heavy atom. The van der Waals surface area contributed by atoms with Crippen molar-refractivity contribution >= 4 is 38.5 Å². The molecule has 1 N–H and O–H groups in total. The van der Waals surface area contributed by atoms with Crippen molar-refractivity contribution in [2.24, 2.45) is 0 Å². The van der Waals surface area contributed by atoms with E-state index in [9.17, 15) is 26.8 Å². The highest BCUT2D eigenvalue weighted by Crippen LogP contribution is 2.42. The van der Waals surface area contributed by atoms with Gasteiger partial charge in [-0.1, -0.05) is 12.1 Å². The monoisotopic (exact) mass is 648 g/mol. The van der Waals surface area contributed by atoms with Crippen molar-refractivity contribution in [1.82, 2.24) is 15.2 Å². The second-order valence-corrected chi connectivity index (χ2v) is 12.8. The summed E-state index contributed by atoms with van der Waals surface area (Å²) >= 11 is 0. The average Bonchev–Trinajstić information content (AvgIpc) is 3.42. The Labute approximate surface area is 264 Å². The van der Waals surface area contributed by atoms with Crippen molar-refractivity contribution < 1.29 is 37.4 Å². The van der Waals surface area contributed by atoms with E-state index < -0.39 is 39.5 Å². The van der Waals surface area contributed by atoms with Gasteiger partial charge in [0.2, 0.25) is 10.0 Å². The van der Waals surface area contributed by atoms with Crippen LogP contribution in [0, 0.1) is 11.6 Å². The van der Waals surface area contributed by atoms with Gasteiger partial charge in [-0.3, -0.25) is 18.8 Å². The van der Waals surface area contributed by atoms with Gasteiger partial charge in [0.1, 0.15) is 23.0 Å². The van der Waals surface area contributed by atoms with Crippen LogP contribution in [0.15, 0.2) is 77.2 Å². The van der Waals surface area contributed by atoms with E-state index in [1.165, 1.54) is 61.5 Å². The smallest absolute Gasteiger partial charge is 0.279 e. The van der Waals surface area contributed by atoms with Gasteiger partial charge in [-0.25, -0.2) is 22.2 Å². The number of aromatic nitrogens is 1. The van der Waals surface area contributed by atoms with Crippen LogP contribution in [0.2, 0.25) is 0 Å². The Morgan fingerprint density at radius 3 is 2.33 bits per heavy atom.